The molecule has 2 rings (SSSR count). The molecule has 0 amide bonds. The van der Waals surface area contributed by atoms with Crippen molar-refractivity contribution in [3.8, 4) is 0 Å². The minimum absolute atomic E-state index is 0.0203. The van der Waals surface area contributed by atoms with Crippen LogP contribution in [-0.2, 0) is 10.3 Å². The molecular formula is C13H12BrF4NOS. The first-order valence-electron chi connectivity index (χ1n) is 6.03. The van der Waals surface area contributed by atoms with Crippen molar-refractivity contribution in [3.05, 3.63) is 34.1 Å². The van der Waals surface area contributed by atoms with Crippen LogP contribution in [0.1, 0.15) is 5.56 Å². The average molecular weight is 386 g/mol. The van der Waals surface area contributed by atoms with E-state index in [0.29, 0.717) is 4.47 Å². The van der Waals surface area contributed by atoms with E-state index in [1.54, 1.807) is 0 Å². The van der Waals surface area contributed by atoms with Gasteiger partial charge in [-0.05, 0) is 18.2 Å². The summed E-state index contributed by atoms with van der Waals surface area (Å²) in [5, 5.41) is 2.55. The van der Waals surface area contributed by atoms with Crippen molar-refractivity contribution in [1.82, 2.24) is 5.32 Å². The molecule has 1 atom stereocenters. The molecule has 116 valence electrons. The molecule has 1 unspecified atom stereocenters. The molecule has 21 heavy (non-hydrogen) atoms. The molecular weight excluding hydrogens is 374 g/mol. The van der Waals surface area contributed by atoms with Crippen molar-refractivity contribution in [2.45, 2.75) is 11.1 Å². The first kappa shape index (κ1) is 16.6. The van der Waals surface area contributed by atoms with E-state index in [4.69, 9.17) is 17.0 Å². The molecule has 0 aliphatic carbocycles. The summed E-state index contributed by atoms with van der Waals surface area (Å²) < 4.78 is 59.3. The Morgan fingerprint density at radius 3 is 2.43 bits per heavy atom. The van der Waals surface area contributed by atoms with Crippen LogP contribution in [0.4, 0.5) is 17.6 Å². The predicted molar refractivity (Wildman–Crippen MR) is 78.1 cm³/mol. The second kappa shape index (κ2) is 6.18. The summed E-state index contributed by atoms with van der Waals surface area (Å²) in [6, 6.07) is 4.00. The Morgan fingerprint density at radius 2 is 1.90 bits per heavy atom. The highest BCUT2D eigenvalue weighted by Gasteiger charge is 2.49. The zero-order chi connectivity index (χ0) is 15.7. The van der Waals surface area contributed by atoms with Crippen LogP contribution in [0.5, 0.6) is 0 Å². The lowest BCUT2D eigenvalue weighted by Gasteiger charge is -2.45. The van der Waals surface area contributed by atoms with Gasteiger partial charge in [-0.25, -0.2) is 17.6 Å². The Bertz CT molecular complexity index is 555. The van der Waals surface area contributed by atoms with Crippen molar-refractivity contribution >= 4 is 33.1 Å². The summed E-state index contributed by atoms with van der Waals surface area (Å²) in [6.45, 7) is -3.85. The number of rotatable bonds is 4. The van der Waals surface area contributed by atoms with Gasteiger partial charge in [0.15, 0.2) is 5.60 Å². The first-order chi connectivity index (χ1) is 9.93. The van der Waals surface area contributed by atoms with E-state index < -0.39 is 43.6 Å². The van der Waals surface area contributed by atoms with Crippen LogP contribution < -0.4 is 5.32 Å². The van der Waals surface area contributed by atoms with E-state index in [1.165, 1.54) is 12.1 Å². The summed E-state index contributed by atoms with van der Waals surface area (Å²) in [6.07, 6.45) is 0. The molecule has 1 aliphatic heterocycles. The average Bonchev–Trinajstić information content (AvgIpc) is 2.50. The number of alkyl halides is 3. The second-order valence-corrected chi connectivity index (χ2v) is 6.17. The van der Waals surface area contributed by atoms with Crippen molar-refractivity contribution in [3.63, 3.8) is 0 Å². The van der Waals surface area contributed by atoms with E-state index in [2.05, 4.69) is 21.2 Å². The molecule has 1 heterocycles. The standard InChI is InChI=1S/C13H12BrF4NOS/c14-8-1-2-10(18)9(3-8)12(4-15)7-20-13(5-16,6-17)11(21)19-12/h1-3H,4-7H2,(H,19,21). The molecule has 0 bridgehead atoms. The van der Waals surface area contributed by atoms with Crippen molar-refractivity contribution in [1.29, 1.82) is 0 Å². The Balaban J connectivity index is 2.42. The minimum atomic E-state index is -1.92. The lowest BCUT2D eigenvalue weighted by atomic mass is 9.88. The molecule has 2 nitrogen and oxygen atoms in total. The molecule has 8 heteroatoms. The zero-order valence-corrected chi connectivity index (χ0v) is 13.2. The Labute approximate surface area is 133 Å². The number of hydrogen-bond donors (Lipinski definition) is 1. The molecule has 1 fully saturated rings. The summed E-state index contributed by atoms with van der Waals surface area (Å²) in [7, 11) is 0. The minimum Gasteiger partial charge on any atom is -0.363 e. The van der Waals surface area contributed by atoms with E-state index in [9.17, 15) is 17.6 Å². The number of halogens is 5. The highest BCUT2D eigenvalue weighted by Crippen LogP contribution is 2.34. The predicted octanol–water partition coefficient (Wildman–Crippen LogP) is 3.38. The quantitative estimate of drug-likeness (QED) is 0.634. The van der Waals surface area contributed by atoms with Gasteiger partial charge in [0.05, 0.1) is 6.61 Å². The number of thiocarbonyl (C=S) groups is 1. The van der Waals surface area contributed by atoms with Gasteiger partial charge >= 0.3 is 0 Å². The summed E-state index contributed by atoms with van der Waals surface area (Å²) in [5.74, 6) is -0.664. The number of morpholine rings is 1. The second-order valence-electron chi connectivity index (χ2n) is 4.84. The number of benzene rings is 1. The number of hydrogen-bond acceptors (Lipinski definition) is 2. The third-order valence-corrected chi connectivity index (χ3v) is 4.43. The van der Waals surface area contributed by atoms with E-state index in [-0.39, 0.29) is 10.6 Å². The van der Waals surface area contributed by atoms with Gasteiger partial charge in [-0.3, -0.25) is 0 Å². The molecule has 1 saturated heterocycles. The number of nitrogens with one attached hydrogen (secondary N) is 1. The Hall–Kier alpha value is -0.730. The maximum absolute atomic E-state index is 14.0. The maximum Gasteiger partial charge on any atom is 0.174 e. The Kier molecular flexibility index (Phi) is 4.89. The van der Waals surface area contributed by atoms with E-state index in [0.717, 1.165) is 6.07 Å². The van der Waals surface area contributed by atoms with Crippen LogP contribution in [0.2, 0.25) is 0 Å². The zero-order valence-electron chi connectivity index (χ0n) is 10.8. The van der Waals surface area contributed by atoms with Crippen molar-refractivity contribution in [2.24, 2.45) is 0 Å². The maximum atomic E-state index is 14.0. The molecule has 1 aromatic rings. The molecule has 1 aromatic carbocycles. The van der Waals surface area contributed by atoms with Crippen molar-refractivity contribution < 1.29 is 22.3 Å². The van der Waals surface area contributed by atoms with Crippen LogP contribution in [0.15, 0.2) is 22.7 Å². The van der Waals surface area contributed by atoms with Gasteiger partial charge in [0.2, 0.25) is 0 Å². The molecule has 0 radical (unpaired) electrons. The van der Waals surface area contributed by atoms with Crippen LogP contribution in [0, 0.1) is 5.82 Å². The summed E-state index contributed by atoms with van der Waals surface area (Å²) in [5.41, 5.74) is -3.54. The fraction of sp³-hybridized carbons (Fsp3) is 0.462. The highest BCUT2D eigenvalue weighted by molar-refractivity contribution is 9.10. The van der Waals surface area contributed by atoms with Crippen molar-refractivity contribution in [2.75, 3.05) is 26.6 Å². The molecule has 1 N–H and O–H groups in total. The molecule has 0 spiro atoms. The smallest absolute Gasteiger partial charge is 0.174 e. The lowest BCUT2D eigenvalue weighted by Crippen LogP contribution is -2.66. The first-order valence-corrected chi connectivity index (χ1v) is 7.23. The van der Waals surface area contributed by atoms with Gasteiger partial charge in [0.25, 0.3) is 0 Å². The fourth-order valence-corrected chi connectivity index (χ4v) is 2.81. The van der Waals surface area contributed by atoms with E-state index in [1.807, 2.05) is 0 Å². The topological polar surface area (TPSA) is 21.3 Å². The van der Waals surface area contributed by atoms with Crippen LogP contribution in [0.3, 0.4) is 0 Å². The van der Waals surface area contributed by atoms with Gasteiger partial charge in [0, 0.05) is 10.0 Å². The van der Waals surface area contributed by atoms with Crippen LogP contribution in [0.25, 0.3) is 0 Å². The van der Waals surface area contributed by atoms with Crippen LogP contribution >= 0.6 is 28.1 Å². The van der Waals surface area contributed by atoms with Crippen LogP contribution in [-0.4, -0.2) is 37.2 Å². The SMILES string of the molecule is FCC1(CF)OCC(CF)(c2cc(Br)ccc2F)NC1=S. The van der Waals surface area contributed by atoms with Gasteiger partial charge in [-0.2, -0.15) is 0 Å². The summed E-state index contributed by atoms with van der Waals surface area (Å²) in [4.78, 5) is -0.309. The van der Waals surface area contributed by atoms with Gasteiger partial charge in [-0.15, -0.1) is 0 Å². The molecule has 0 aromatic heterocycles. The number of ether oxygens (including phenoxy) is 1. The third kappa shape index (κ3) is 2.80. The van der Waals surface area contributed by atoms with Gasteiger partial charge < -0.3 is 10.1 Å². The van der Waals surface area contributed by atoms with Gasteiger partial charge in [0.1, 0.15) is 36.4 Å². The van der Waals surface area contributed by atoms with Gasteiger partial charge in [-0.1, -0.05) is 28.1 Å². The third-order valence-electron chi connectivity index (χ3n) is 3.47. The summed E-state index contributed by atoms with van der Waals surface area (Å²) >= 11 is 8.08. The molecule has 1 aliphatic rings. The largest absolute Gasteiger partial charge is 0.363 e. The van der Waals surface area contributed by atoms with E-state index >= 15 is 0 Å². The monoisotopic (exact) mass is 385 g/mol. The highest BCUT2D eigenvalue weighted by atomic mass is 79.9. The fourth-order valence-electron chi connectivity index (χ4n) is 2.08. The Morgan fingerprint density at radius 1 is 1.24 bits per heavy atom. The lowest BCUT2D eigenvalue weighted by molar-refractivity contribution is -0.0756. The molecule has 0 saturated carbocycles. The normalized spacial score (nSPS) is 24.7.